The lowest BCUT2D eigenvalue weighted by molar-refractivity contribution is 0.0761. The van der Waals surface area contributed by atoms with Crippen LogP contribution in [0.2, 0.25) is 5.02 Å². The van der Waals surface area contributed by atoms with Crippen LogP contribution >= 0.6 is 11.6 Å². The molecule has 0 atom stereocenters. The van der Waals surface area contributed by atoms with E-state index in [4.69, 9.17) is 17.3 Å². The summed E-state index contributed by atoms with van der Waals surface area (Å²) in [5, 5.41) is 0.517. The number of nitrogen functional groups attached to an aromatic ring is 1. The zero-order valence-electron chi connectivity index (χ0n) is 9.79. The lowest BCUT2D eigenvalue weighted by atomic mass is 10.1. The first-order chi connectivity index (χ1) is 8.16. The van der Waals surface area contributed by atoms with Crippen LogP contribution in [0, 0.1) is 0 Å². The van der Waals surface area contributed by atoms with Crippen molar-refractivity contribution in [3.8, 4) is 0 Å². The molecule has 0 bridgehead atoms. The molecular formula is C13H17ClN2O. The molecule has 1 saturated heterocycles. The number of hydrogen-bond donors (Lipinski definition) is 1. The highest BCUT2D eigenvalue weighted by Gasteiger charge is 2.17. The first-order valence-corrected chi connectivity index (χ1v) is 6.40. The summed E-state index contributed by atoms with van der Waals surface area (Å²) in [6.07, 6.45) is 4.59. The van der Waals surface area contributed by atoms with Gasteiger partial charge < -0.3 is 10.6 Å². The molecule has 17 heavy (non-hydrogen) atoms. The molecule has 0 aliphatic carbocycles. The molecule has 1 aliphatic heterocycles. The molecule has 0 aromatic heterocycles. The van der Waals surface area contributed by atoms with E-state index in [0.717, 1.165) is 25.9 Å². The third kappa shape index (κ3) is 3.13. The summed E-state index contributed by atoms with van der Waals surface area (Å²) in [6, 6.07) is 5.03. The van der Waals surface area contributed by atoms with Crippen molar-refractivity contribution >= 4 is 23.2 Å². The molecule has 2 rings (SSSR count). The predicted octanol–water partition coefficient (Wildman–Crippen LogP) is 2.94. The van der Waals surface area contributed by atoms with Crippen molar-refractivity contribution in [2.45, 2.75) is 25.7 Å². The van der Waals surface area contributed by atoms with E-state index in [1.54, 1.807) is 18.2 Å². The molecule has 1 aromatic rings. The van der Waals surface area contributed by atoms with E-state index in [9.17, 15) is 4.79 Å². The van der Waals surface area contributed by atoms with Crippen LogP contribution in [0.1, 0.15) is 36.0 Å². The Kier molecular flexibility index (Phi) is 3.89. The number of halogens is 1. The number of hydrogen-bond acceptors (Lipinski definition) is 2. The molecule has 92 valence electrons. The van der Waals surface area contributed by atoms with Gasteiger partial charge in [0.25, 0.3) is 5.91 Å². The van der Waals surface area contributed by atoms with Crippen molar-refractivity contribution in [3.05, 3.63) is 28.8 Å². The highest BCUT2D eigenvalue weighted by Crippen LogP contribution is 2.19. The third-order valence-corrected chi connectivity index (χ3v) is 3.28. The SMILES string of the molecule is Nc1cc(Cl)cc(C(=O)N2CCCCCC2)c1. The van der Waals surface area contributed by atoms with Crippen LogP contribution in [-0.2, 0) is 0 Å². The average molecular weight is 253 g/mol. The molecule has 1 aromatic carbocycles. The van der Waals surface area contributed by atoms with Crippen LogP contribution in [-0.4, -0.2) is 23.9 Å². The number of amides is 1. The van der Waals surface area contributed by atoms with Gasteiger partial charge in [0.05, 0.1) is 0 Å². The number of benzene rings is 1. The monoisotopic (exact) mass is 252 g/mol. The quantitative estimate of drug-likeness (QED) is 0.781. The standard InChI is InChI=1S/C13H17ClN2O/c14-11-7-10(8-12(15)9-11)13(17)16-5-3-1-2-4-6-16/h7-9H,1-6,15H2. The third-order valence-electron chi connectivity index (χ3n) is 3.06. The van der Waals surface area contributed by atoms with Gasteiger partial charge in [0.2, 0.25) is 0 Å². The fraction of sp³-hybridized carbons (Fsp3) is 0.462. The Bertz CT molecular complexity index is 392. The van der Waals surface area contributed by atoms with Gasteiger partial charge in [-0.15, -0.1) is 0 Å². The number of rotatable bonds is 1. The Morgan fingerprint density at radius 2 is 1.76 bits per heavy atom. The second kappa shape index (κ2) is 5.41. The van der Waals surface area contributed by atoms with Gasteiger partial charge in [-0.3, -0.25) is 4.79 Å². The number of anilines is 1. The normalized spacial score (nSPS) is 16.6. The highest BCUT2D eigenvalue weighted by molar-refractivity contribution is 6.31. The number of nitrogens with two attached hydrogens (primary N) is 1. The summed E-state index contributed by atoms with van der Waals surface area (Å²) in [5.41, 5.74) is 6.83. The van der Waals surface area contributed by atoms with E-state index >= 15 is 0 Å². The van der Waals surface area contributed by atoms with Crippen molar-refractivity contribution in [2.24, 2.45) is 0 Å². The zero-order valence-corrected chi connectivity index (χ0v) is 10.5. The number of likely N-dealkylation sites (tertiary alicyclic amines) is 1. The summed E-state index contributed by atoms with van der Waals surface area (Å²) in [4.78, 5) is 14.2. The number of carbonyl (C=O) groups is 1. The zero-order chi connectivity index (χ0) is 12.3. The van der Waals surface area contributed by atoms with Crippen LogP contribution in [0.4, 0.5) is 5.69 Å². The number of nitrogens with zero attached hydrogens (tertiary/aromatic N) is 1. The van der Waals surface area contributed by atoms with E-state index in [-0.39, 0.29) is 5.91 Å². The van der Waals surface area contributed by atoms with Gasteiger partial charge in [0.1, 0.15) is 0 Å². The largest absolute Gasteiger partial charge is 0.399 e. The van der Waals surface area contributed by atoms with E-state index < -0.39 is 0 Å². The molecule has 1 fully saturated rings. The van der Waals surface area contributed by atoms with E-state index in [0.29, 0.717) is 16.3 Å². The average Bonchev–Trinajstić information content (AvgIpc) is 2.55. The highest BCUT2D eigenvalue weighted by atomic mass is 35.5. The summed E-state index contributed by atoms with van der Waals surface area (Å²) in [5.74, 6) is 0.0427. The Balaban J connectivity index is 2.17. The van der Waals surface area contributed by atoms with Crippen LogP contribution < -0.4 is 5.73 Å². The van der Waals surface area contributed by atoms with Gasteiger partial charge in [-0.25, -0.2) is 0 Å². The molecule has 3 nitrogen and oxygen atoms in total. The molecule has 0 spiro atoms. The molecule has 2 N–H and O–H groups in total. The Morgan fingerprint density at radius 3 is 2.35 bits per heavy atom. The first-order valence-electron chi connectivity index (χ1n) is 6.02. The van der Waals surface area contributed by atoms with Gasteiger partial charge in [-0.1, -0.05) is 24.4 Å². The van der Waals surface area contributed by atoms with Crippen molar-refractivity contribution in [1.29, 1.82) is 0 Å². The fourth-order valence-corrected chi connectivity index (χ4v) is 2.44. The van der Waals surface area contributed by atoms with E-state index in [1.807, 2.05) is 4.90 Å². The topological polar surface area (TPSA) is 46.3 Å². The van der Waals surface area contributed by atoms with Crippen molar-refractivity contribution in [2.75, 3.05) is 18.8 Å². The van der Waals surface area contributed by atoms with Crippen LogP contribution in [0.5, 0.6) is 0 Å². The molecular weight excluding hydrogens is 236 g/mol. The second-order valence-electron chi connectivity index (χ2n) is 4.48. The van der Waals surface area contributed by atoms with Crippen LogP contribution in [0.25, 0.3) is 0 Å². The molecule has 4 heteroatoms. The molecule has 0 radical (unpaired) electrons. The second-order valence-corrected chi connectivity index (χ2v) is 4.92. The summed E-state index contributed by atoms with van der Waals surface area (Å²) in [6.45, 7) is 1.68. The van der Waals surface area contributed by atoms with Gasteiger partial charge in [-0.05, 0) is 31.0 Å². The minimum atomic E-state index is 0.0427. The van der Waals surface area contributed by atoms with Crippen molar-refractivity contribution < 1.29 is 4.79 Å². The maximum Gasteiger partial charge on any atom is 0.253 e. The number of carbonyl (C=O) groups excluding carboxylic acids is 1. The summed E-state index contributed by atoms with van der Waals surface area (Å²) in [7, 11) is 0. The Morgan fingerprint density at radius 1 is 1.12 bits per heavy atom. The minimum Gasteiger partial charge on any atom is -0.399 e. The molecule has 1 heterocycles. The summed E-state index contributed by atoms with van der Waals surface area (Å²) >= 11 is 5.91. The molecule has 1 amide bonds. The first kappa shape index (κ1) is 12.2. The molecule has 0 saturated carbocycles. The lowest BCUT2D eigenvalue weighted by Gasteiger charge is -2.20. The summed E-state index contributed by atoms with van der Waals surface area (Å²) < 4.78 is 0. The molecule has 1 aliphatic rings. The maximum atomic E-state index is 12.3. The van der Waals surface area contributed by atoms with Gasteiger partial charge in [0, 0.05) is 29.4 Å². The maximum absolute atomic E-state index is 12.3. The lowest BCUT2D eigenvalue weighted by Crippen LogP contribution is -2.31. The van der Waals surface area contributed by atoms with Crippen LogP contribution in [0.15, 0.2) is 18.2 Å². The minimum absolute atomic E-state index is 0.0427. The van der Waals surface area contributed by atoms with E-state index in [1.165, 1.54) is 12.8 Å². The van der Waals surface area contributed by atoms with E-state index in [2.05, 4.69) is 0 Å². The smallest absolute Gasteiger partial charge is 0.253 e. The predicted molar refractivity (Wildman–Crippen MR) is 70.2 cm³/mol. The van der Waals surface area contributed by atoms with Gasteiger partial charge >= 0.3 is 0 Å². The fourth-order valence-electron chi connectivity index (χ4n) is 2.19. The van der Waals surface area contributed by atoms with Gasteiger partial charge in [0.15, 0.2) is 0 Å². The van der Waals surface area contributed by atoms with Crippen LogP contribution in [0.3, 0.4) is 0 Å². The van der Waals surface area contributed by atoms with Crippen molar-refractivity contribution in [3.63, 3.8) is 0 Å². The Labute approximate surface area is 107 Å². The van der Waals surface area contributed by atoms with Gasteiger partial charge in [-0.2, -0.15) is 0 Å². The Hall–Kier alpha value is -1.22. The van der Waals surface area contributed by atoms with Crippen molar-refractivity contribution in [1.82, 2.24) is 4.90 Å². The molecule has 0 unspecified atom stereocenters.